The van der Waals surface area contributed by atoms with Gasteiger partial charge in [0.2, 0.25) is 0 Å². The summed E-state index contributed by atoms with van der Waals surface area (Å²) >= 11 is 0. The number of hydrogen-bond donors (Lipinski definition) is 2. The van der Waals surface area contributed by atoms with Gasteiger partial charge in [0.15, 0.2) is 0 Å². The lowest BCUT2D eigenvalue weighted by Crippen LogP contribution is -2.27. The molecule has 1 aliphatic rings. The molecule has 3 heteroatoms. The molecule has 88 valence electrons. The summed E-state index contributed by atoms with van der Waals surface area (Å²) in [6.07, 6.45) is 2.84. The van der Waals surface area contributed by atoms with Crippen LogP contribution in [0.3, 0.4) is 0 Å². The second-order valence-corrected chi connectivity index (χ2v) is 4.21. The van der Waals surface area contributed by atoms with Crippen molar-refractivity contribution in [2.45, 2.75) is 38.3 Å². The minimum Gasteiger partial charge on any atom is -0.494 e. The molecular formula is C13H19NO2. The zero-order valence-corrected chi connectivity index (χ0v) is 9.65. The molecule has 3 nitrogen and oxygen atoms in total. The Hall–Kier alpha value is -1.22. The van der Waals surface area contributed by atoms with E-state index in [-0.39, 0.29) is 12.1 Å². The molecule has 1 fully saturated rings. The first kappa shape index (κ1) is 11.3. The molecular weight excluding hydrogens is 202 g/mol. The lowest BCUT2D eigenvalue weighted by Gasteiger charge is -2.18. The zero-order valence-electron chi connectivity index (χ0n) is 9.65. The van der Waals surface area contributed by atoms with Gasteiger partial charge in [0.25, 0.3) is 0 Å². The number of rotatable bonds is 4. The predicted molar refractivity (Wildman–Crippen MR) is 64.9 cm³/mol. The number of nitrogens with one attached hydrogen (secondary N) is 1. The van der Waals surface area contributed by atoms with Crippen molar-refractivity contribution in [3.8, 4) is 5.75 Å². The van der Waals surface area contributed by atoms with Gasteiger partial charge in [-0.2, -0.15) is 0 Å². The Labute approximate surface area is 96.4 Å². The fourth-order valence-corrected chi connectivity index (χ4v) is 2.17. The molecule has 1 aromatic rings. The van der Waals surface area contributed by atoms with Crippen molar-refractivity contribution in [1.29, 1.82) is 0 Å². The van der Waals surface area contributed by atoms with E-state index in [2.05, 4.69) is 5.32 Å². The predicted octanol–water partition coefficient (Wildman–Crippen LogP) is 2.41. The maximum absolute atomic E-state index is 9.73. The van der Waals surface area contributed by atoms with E-state index < -0.39 is 0 Å². The molecule has 2 rings (SSSR count). The molecule has 0 aromatic heterocycles. The summed E-state index contributed by atoms with van der Waals surface area (Å²) in [5.41, 5.74) is 1.02. The van der Waals surface area contributed by atoms with E-state index in [1.54, 1.807) is 0 Å². The highest BCUT2D eigenvalue weighted by atomic mass is 16.5. The van der Waals surface area contributed by atoms with Crippen LogP contribution in [-0.4, -0.2) is 23.9 Å². The van der Waals surface area contributed by atoms with Gasteiger partial charge < -0.3 is 15.2 Å². The second kappa shape index (κ2) is 5.21. The van der Waals surface area contributed by atoms with Crippen molar-refractivity contribution in [2.75, 3.05) is 11.9 Å². The largest absolute Gasteiger partial charge is 0.494 e. The highest BCUT2D eigenvalue weighted by molar-refractivity contribution is 5.49. The summed E-state index contributed by atoms with van der Waals surface area (Å²) in [5, 5.41) is 13.1. The van der Waals surface area contributed by atoms with Crippen molar-refractivity contribution in [1.82, 2.24) is 0 Å². The van der Waals surface area contributed by atoms with Crippen molar-refractivity contribution in [3.63, 3.8) is 0 Å². The zero-order chi connectivity index (χ0) is 11.4. The van der Waals surface area contributed by atoms with E-state index in [4.69, 9.17) is 4.74 Å². The molecule has 0 amide bonds. The minimum absolute atomic E-state index is 0.192. The van der Waals surface area contributed by atoms with Crippen LogP contribution in [0.2, 0.25) is 0 Å². The molecule has 1 aliphatic carbocycles. The average molecular weight is 221 g/mol. The SMILES string of the molecule is CCOc1cccc(NC2CCCC2O)c1. The fraction of sp³-hybridized carbons (Fsp3) is 0.538. The molecule has 0 radical (unpaired) electrons. The van der Waals surface area contributed by atoms with E-state index in [0.717, 1.165) is 30.7 Å². The Morgan fingerprint density at radius 3 is 3.00 bits per heavy atom. The molecule has 2 unspecified atom stereocenters. The van der Waals surface area contributed by atoms with Gasteiger partial charge >= 0.3 is 0 Å². The van der Waals surface area contributed by atoms with Crippen LogP contribution in [-0.2, 0) is 0 Å². The molecule has 1 saturated carbocycles. The number of benzene rings is 1. The number of anilines is 1. The first-order valence-electron chi connectivity index (χ1n) is 5.97. The van der Waals surface area contributed by atoms with Crippen molar-refractivity contribution in [3.05, 3.63) is 24.3 Å². The molecule has 0 heterocycles. The van der Waals surface area contributed by atoms with Gasteiger partial charge in [0.1, 0.15) is 5.75 Å². The molecule has 0 spiro atoms. The first-order valence-corrected chi connectivity index (χ1v) is 5.97. The first-order chi connectivity index (χ1) is 7.79. The maximum atomic E-state index is 9.73. The summed E-state index contributed by atoms with van der Waals surface area (Å²) in [7, 11) is 0. The lowest BCUT2D eigenvalue weighted by atomic mass is 10.2. The molecule has 0 aliphatic heterocycles. The van der Waals surface area contributed by atoms with Gasteiger partial charge in [-0.3, -0.25) is 0 Å². The molecule has 0 saturated heterocycles. The summed E-state index contributed by atoms with van der Waals surface area (Å²) < 4.78 is 5.44. The Morgan fingerprint density at radius 1 is 1.44 bits per heavy atom. The van der Waals surface area contributed by atoms with Gasteiger partial charge in [-0.15, -0.1) is 0 Å². The van der Waals surface area contributed by atoms with Gasteiger partial charge in [-0.05, 0) is 38.3 Å². The van der Waals surface area contributed by atoms with Gasteiger partial charge in [0.05, 0.1) is 18.8 Å². The quantitative estimate of drug-likeness (QED) is 0.820. The Balaban J connectivity index is 2.00. The van der Waals surface area contributed by atoms with E-state index in [1.807, 2.05) is 31.2 Å². The summed E-state index contributed by atoms with van der Waals surface area (Å²) in [5.74, 6) is 0.875. The van der Waals surface area contributed by atoms with E-state index in [9.17, 15) is 5.11 Å². The van der Waals surface area contributed by atoms with Crippen LogP contribution in [0.5, 0.6) is 5.75 Å². The maximum Gasteiger partial charge on any atom is 0.121 e. The third-order valence-electron chi connectivity index (χ3n) is 2.98. The standard InChI is InChI=1S/C13H19NO2/c1-2-16-11-6-3-5-10(9-11)14-12-7-4-8-13(12)15/h3,5-6,9,12-15H,2,4,7-8H2,1H3. The highest BCUT2D eigenvalue weighted by Gasteiger charge is 2.24. The highest BCUT2D eigenvalue weighted by Crippen LogP contribution is 2.24. The lowest BCUT2D eigenvalue weighted by molar-refractivity contribution is 0.172. The van der Waals surface area contributed by atoms with Crippen LogP contribution < -0.4 is 10.1 Å². The summed E-state index contributed by atoms with van der Waals surface area (Å²) in [6, 6.07) is 8.09. The number of ether oxygens (including phenoxy) is 1. The van der Waals surface area contributed by atoms with E-state index >= 15 is 0 Å². The van der Waals surface area contributed by atoms with Gasteiger partial charge in [-0.25, -0.2) is 0 Å². The Kier molecular flexibility index (Phi) is 3.67. The third-order valence-corrected chi connectivity index (χ3v) is 2.98. The third kappa shape index (κ3) is 2.67. The van der Waals surface area contributed by atoms with Gasteiger partial charge in [0, 0.05) is 11.8 Å². The summed E-state index contributed by atoms with van der Waals surface area (Å²) in [6.45, 7) is 2.65. The van der Waals surface area contributed by atoms with E-state index in [1.165, 1.54) is 0 Å². The van der Waals surface area contributed by atoms with E-state index in [0.29, 0.717) is 6.61 Å². The molecule has 2 N–H and O–H groups in total. The number of aliphatic hydroxyl groups is 1. The van der Waals surface area contributed by atoms with Gasteiger partial charge in [-0.1, -0.05) is 6.07 Å². The van der Waals surface area contributed by atoms with Crippen LogP contribution in [0, 0.1) is 0 Å². The van der Waals surface area contributed by atoms with Crippen molar-refractivity contribution in [2.24, 2.45) is 0 Å². The van der Waals surface area contributed by atoms with Crippen LogP contribution in [0.25, 0.3) is 0 Å². The Morgan fingerprint density at radius 2 is 2.31 bits per heavy atom. The molecule has 16 heavy (non-hydrogen) atoms. The summed E-state index contributed by atoms with van der Waals surface area (Å²) in [4.78, 5) is 0. The monoisotopic (exact) mass is 221 g/mol. The van der Waals surface area contributed by atoms with Crippen LogP contribution in [0.15, 0.2) is 24.3 Å². The molecule has 2 atom stereocenters. The number of hydrogen-bond acceptors (Lipinski definition) is 3. The van der Waals surface area contributed by atoms with Crippen LogP contribution in [0.4, 0.5) is 5.69 Å². The smallest absolute Gasteiger partial charge is 0.121 e. The van der Waals surface area contributed by atoms with Crippen molar-refractivity contribution < 1.29 is 9.84 Å². The molecule has 1 aromatic carbocycles. The Bertz CT molecular complexity index is 340. The molecule has 0 bridgehead atoms. The van der Waals surface area contributed by atoms with Crippen LogP contribution >= 0.6 is 0 Å². The normalized spacial score (nSPS) is 24.4. The topological polar surface area (TPSA) is 41.5 Å². The fourth-order valence-electron chi connectivity index (χ4n) is 2.17. The number of aliphatic hydroxyl groups excluding tert-OH is 1. The van der Waals surface area contributed by atoms with Crippen molar-refractivity contribution >= 4 is 5.69 Å². The van der Waals surface area contributed by atoms with Crippen LogP contribution in [0.1, 0.15) is 26.2 Å². The minimum atomic E-state index is -0.212. The average Bonchev–Trinajstić information content (AvgIpc) is 2.66. The second-order valence-electron chi connectivity index (χ2n) is 4.21.